The number of hydrogen-bond donors (Lipinski definition) is 1. The smallest absolute Gasteiger partial charge is 0.272 e. The number of likely N-dealkylation sites (tertiary alicyclic amines) is 1. The summed E-state index contributed by atoms with van der Waals surface area (Å²) < 4.78 is 0. The van der Waals surface area contributed by atoms with Crippen molar-refractivity contribution < 1.29 is 4.79 Å². The third-order valence-corrected chi connectivity index (χ3v) is 5.22. The molecule has 0 aliphatic carbocycles. The van der Waals surface area contributed by atoms with Gasteiger partial charge in [0, 0.05) is 43.2 Å². The van der Waals surface area contributed by atoms with Gasteiger partial charge >= 0.3 is 0 Å². The molecule has 0 saturated carbocycles. The molecule has 1 aromatic heterocycles. The van der Waals surface area contributed by atoms with Crippen LogP contribution >= 0.6 is 0 Å². The average molecular weight is 382 g/mol. The maximum Gasteiger partial charge on any atom is 0.272 e. The van der Waals surface area contributed by atoms with Gasteiger partial charge in [-0.05, 0) is 63.9 Å². The summed E-state index contributed by atoms with van der Waals surface area (Å²) in [5, 5.41) is 3.25. The van der Waals surface area contributed by atoms with Gasteiger partial charge < -0.3 is 15.1 Å². The fraction of sp³-hybridized carbons (Fsp3) is 0.500. The molecule has 3 rings (SSSR count). The second-order valence-electron chi connectivity index (χ2n) is 7.27. The molecule has 0 atom stereocenters. The molecule has 1 amide bonds. The van der Waals surface area contributed by atoms with Gasteiger partial charge in [0.15, 0.2) is 0 Å². The summed E-state index contributed by atoms with van der Waals surface area (Å²) in [6, 6.07) is 10.0. The minimum atomic E-state index is 0.00679. The quantitative estimate of drug-likeness (QED) is 0.804. The van der Waals surface area contributed by atoms with Crippen molar-refractivity contribution in [3.63, 3.8) is 0 Å². The SMILES string of the molecule is CCN(CC)c1ccc(Nc2nc(C)cc(C(=O)N3CCCCCC3)n2)cc1. The summed E-state index contributed by atoms with van der Waals surface area (Å²) in [4.78, 5) is 26.1. The van der Waals surface area contributed by atoms with Gasteiger partial charge in [0.2, 0.25) is 5.95 Å². The molecular formula is C22H31N5O. The van der Waals surface area contributed by atoms with Gasteiger partial charge in [0.1, 0.15) is 5.69 Å². The largest absolute Gasteiger partial charge is 0.372 e. The lowest BCUT2D eigenvalue weighted by molar-refractivity contribution is 0.0755. The molecule has 2 aromatic rings. The molecule has 6 nitrogen and oxygen atoms in total. The van der Waals surface area contributed by atoms with E-state index in [0.29, 0.717) is 11.6 Å². The standard InChI is InChI=1S/C22H31N5O/c1-4-26(5-2)19-12-10-18(11-13-19)24-22-23-17(3)16-20(25-22)21(28)27-14-8-6-7-9-15-27/h10-13,16H,4-9,14-15H2,1-3H3,(H,23,24,25). The number of benzene rings is 1. The van der Waals surface area contributed by atoms with Crippen molar-refractivity contribution in [2.75, 3.05) is 36.4 Å². The normalized spacial score (nSPS) is 14.5. The van der Waals surface area contributed by atoms with Crippen molar-refractivity contribution in [2.24, 2.45) is 0 Å². The van der Waals surface area contributed by atoms with Crippen molar-refractivity contribution >= 4 is 23.2 Å². The molecule has 1 N–H and O–H groups in total. The van der Waals surface area contributed by atoms with Crippen molar-refractivity contribution in [1.82, 2.24) is 14.9 Å². The highest BCUT2D eigenvalue weighted by Crippen LogP contribution is 2.20. The van der Waals surface area contributed by atoms with E-state index in [4.69, 9.17) is 0 Å². The summed E-state index contributed by atoms with van der Waals surface area (Å²) >= 11 is 0. The fourth-order valence-electron chi connectivity index (χ4n) is 3.64. The van der Waals surface area contributed by atoms with Crippen LogP contribution in [0, 0.1) is 6.92 Å². The zero-order valence-corrected chi connectivity index (χ0v) is 17.2. The predicted octanol–water partition coefficient (Wildman–Crippen LogP) is 4.39. The number of nitrogens with one attached hydrogen (secondary N) is 1. The van der Waals surface area contributed by atoms with Crippen molar-refractivity contribution in [2.45, 2.75) is 46.5 Å². The van der Waals surface area contributed by atoms with E-state index >= 15 is 0 Å². The minimum absolute atomic E-state index is 0.00679. The summed E-state index contributed by atoms with van der Waals surface area (Å²) in [6.07, 6.45) is 4.53. The first kappa shape index (κ1) is 20.1. The third kappa shape index (κ3) is 5.00. The zero-order valence-electron chi connectivity index (χ0n) is 17.2. The third-order valence-electron chi connectivity index (χ3n) is 5.22. The predicted molar refractivity (Wildman–Crippen MR) is 114 cm³/mol. The molecule has 0 bridgehead atoms. The van der Waals surface area contributed by atoms with Crippen LogP contribution in [-0.4, -0.2) is 47.0 Å². The monoisotopic (exact) mass is 381 g/mol. The number of aryl methyl sites for hydroxylation is 1. The minimum Gasteiger partial charge on any atom is -0.372 e. The first-order valence-corrected chi connectivity index (χ1v) is 10.4. The summed E-state index contributed by atoms with van der Waals surface area (Å²) in [7, 11) is 0. The molecular weight excluding hydrogens is 350 g/mol. The summed E-state index contributed by atoms with van der Waals surface area (Å²) in [5.74, 6) is 0.473. The average Bonchev–Trinajstić information content (AvgIpc) is 2.99. The highest BCUT2D eigenvalue weighted by atomic mass is 16.2. The van der Waals surface area contributed by atoms with Crippen LogP contribution in [0.2, 0.25) is 0 Å². The second kappa shape index (κ2) is 9.53. The Morgan fingerprint density at radius 1 is 1.04 bits per heavy atom. The van der Waals surface area contributed by atoms with Gasteiger partial charge in [-0.3, -0.25) is 4.79 Å². The maximum absolute atomic E-state index is 12.9. The van der Waals surface area contributed by atoms with Crippen LogP contribution in [-0.2, 0) is 0 Å². The lowest BCUT2D eigenvalue weighted by atomic mass is 10.2. The Hall–Kier alpha value is -2.63. The Bertz CT molecular complexity index is 778. The Morgan fingerprint density at radius 2 is 1.68 bits per heavy atom. The Kier molecular flexibility index (Phi) is 6.85. The van der Waals surface area contributed by atoms with Crippen LogP contribution in [0.25, 0.3) is 0 Å². The first-order valence-electron chi connectivity index (χ1n) is 10.4. The van der Waals surface area contributed by atoms with Crippen LogP contribution in [0.4, 0.5) is 17.3 Å². The molecule has 2 heterocycles. The van der Waals surface area contributed by atoms with Gasteiger partial charge in [-0.15, -0.1) is 0 Å². The van der Waals surface area contributed by atoms with Crippen molar-refractivity contribution in [3.8, 4) is 0 Å². The molecule has 150 valence electrons. The number of hydrogen-bond acceptors (Lipinski definition) is 5. The lowest BCUT2D eigenvalue weighted by Crippen LogP contribution is -2.32. The highest BCUT2D eigenvalue weighted by molar-refractivity contribution is 5.92. The number of amides is 1. The first-order chi connectivity index (χ1) is 13.6. The van der Waals surface area contributed by atoms with E-state index in [1.165, 1.54) is 18.5 Å². The molecule has 0 spiro atoms. The van der Waals surface area contributed by atoms with Gasteiger partial charge in [0.05, 0.1) is 0 Å². The van der Waals surface area contributed by atoms with E-state index in [1.54, 1.807) is 6.07 Å². The molecule has 28 heavy (non-hydrogen) atoms. The van der Waals surface area contributed by atoms with Gasteiger partial charge in [-0.1, -0.05) is 12.8 Å². The summed E-state index contributed by atoms with van der Waals surface area (Å²) in [6.45, 7) is 9.79. The van der Waals surface area contributed by atoms with Crippen LogP contribution < -0.4 is 10.2 Å². The Labute approximate surface area is 168 Å². The van der Waals surface area contributed by atoms with Crippen LogP contribution in [0.15, 0.2) is 30.3 Å². The van der Waals surface area contributed by atoms with E-state index in [9.17, 15) is 4.79 Å². The molecule has 1 aliphatic heterocycles. The van der Waals surface area contributed by atoms with Crippen molar-refractivity contribution in [3.05, 3.63) is 41.7 Å². The van der Waals surface area contributed by atoms with E-state index in [1.807, 2.05) is 24.0 Å². The van der Waals surface area contributed by atoms with Gasteiger partial charge in [0.25, 0.3) is 5.91 Å². The van der Waals surface area contributed by atoms with E-state index in [-0.39, 0.29) is 5.91 Å². The lowest BCUT2D eigenvalue weighted by Gasteiger charge is -2.21. The van der Waals surface area contributed by atoms with Crippen molar-refractivity contribution in [1.29, 1.82) is 0 Å². The number of carbonyl (C=O) groups excluding carboxylic acids is 1. The zero-order chi connectivity index (χ0) is 19.9. The molecule has 1 fully saturated rings. The Morgan fingerprint density at radius 3 is 2.29 bits per heavy atom. The number of nitrogens with zero attached hydrogens (tertiary/aromatic N) is 4. The van der Waals surface area contributed by atoms with Crippen LogP contribution in [0.3, 0.4) is 0 Å². The molecule has 6 heteroatoms. The molecule has 1 aromatic carbocycles. The summed E-state index contributed by atoms with van der Waals surface area (Å²) in [5.41, 5.74) is 3.36. The topological polar surface area (TPSA) is 61.4 Å². The van der Waals surface area contributed by atoms with Crippen LogP contribution in [0.1, 0.15) is 55.7 Å². The number of anilines is 3. The van der Waals surface area contributed by atoms with Gasteiger partial charge in [-0.25, -0.2) is 9.97 Å². The molecule has 1 aliphatic rings. The second-order valence-corrected chi connectivity index (χ2v) is 7.27. The highest BCUT2D eigenvalue weighted by Gasteiger charge is 2.19. The Balaban J connectivity index is 1.75. The molecule has 1 saturated heterocycles. The van der Waals surface area contributed by atoms with Crippen LogP contribution in [0.5, 0.6) is 0 Å². The number of aromatic nitrogens is 2. The maximum atomic E-state index is 12.9. The van der Waals surface area contributed by atoms with E-state index < -0.39 is 0 Å². The fourth-order valence-corrected chi connectivity index (χ4v) is 3.64. The van der Waals surface area contributed by atoms with E-state index in [0.717, 1.165) is 50.4 Å². The number of carbonyl (C=O) groups is 1. The molecule has 0 radical (unpaired) electrons. The van der Waals surface area contributed by atoms with E-state index in [2.05, 4.69) is 46.2 Å². The van der Waals surface area contributed by atoms with Gasteiger partial charge in [-0.2, -0.15) is 0 Å². The number of rotatable bonds is 6. The molecule has 0 unspecified atom stereocenters.